The first-order valence-electron chi connectivity index (χ1n) is 10.6. The maximum atomic E-state index is 10.8. The minimum atomic E-state index is -1.46. The lowest BCUT2D eigenvalue weighted by molar-refractivity contribution is -0.394. The highest BCUT2D eigenvalue weighted by molar-refractivity contribution is 5.95. The molecular weight excluding hydrogens is 470 g/mol. The van der Waals surface area contributed by atoms with Crippen LogP contribution in [0, 0.1) is 41.0 Å². The Morgan fingerprint density at radius 1 is 0.861 bits per heavy atom. The van der Waals surface area contributed by atoms with Crippen LogP contribution in [0.5, 0.6) is 5.75 Å². The van der Waals surface area contributed by atoms with Crippen molar-refractivity contribution >= 4 is 23.3 Å². The van der Waals surface area contributed by atoms with Crippen LogP contribution in [0.25, 0.3) is 0 Å². The van der Waals surface area contributed by atoms with E-state index in [4.69, 9.17) is 15.6 Å². The Balaban J connectivity index is 0.000000279. The van der Waals surface area contributed by atoms with Gasteiger partial charge in [0, 0.05) is 12.1 Å². The van der Waals surface area contributed by atoms with E-state index in [-0.39, 0.29) is 0 Å². The normalized spacial score (nSPS) is 9.56. The molecule has 36 heavy (non-hydrogen) atoms. The fourth-order valence-electron chi connectivity index (χ4n) is 3.08. The molecule has 190 valence electrons. The number of benzene rings is 3. The first-order chi connectivity index (χ1) is 16.8. The molecule has 0 unspecified atom stereocenters. The molecule has 0 aliphatic heterocycles. The highest BCUT2D eigenvalue weighted by Gasteiger charge is 2.19. The molecule has 0 fully saturated rings. The summed E-state index contributed by atoms with van der Waals surface area (Å²) >= 11 is 0. The van der Waals surface area contributed by atoms with Crippen LogP contribution in [0.15, 0.2) is 60.7 Å². The number of nitrogens with two attached hydrogens (primary N) is 1. The Morgan fingerprint density at radius 2 is 1.31 bits per heavy atom. The van der Waals surface area contributed by atoms with Crippen molar-refractivity contribution in [2.45, 2.75) is 27.7 Å². The molecule has 1 amide bonds. The monoisotopic (exact) mass is 497 g/mol. The topological polar surface area (TPSA) is 176 Å². The summed E-state index contributed by atoms with van der Waals surface area (Å²) in [6, 6.07) is 15.7. The molecule has 0 saturated carbocycles. The second kappa shape index (κ2) is 13.8. The van der Waals surface area contributed by atoms with E-state index in [0.717, 1.165) is 12.1 Å². The van der Waals surface area contributed by atoms with Crippen molar-refractivity contribution in [1.82, 2.24) is 0 Å². The van der Waals surface area contributed by atoms with Crippen molar-refractivity contribution < 1.29 is 29.3 Å². The molecule has 11 nitrogen and oxygen atoms in total. The molecule has 3 aromatic carbocycles. The summed E-state index contributed by atoms with van der Waals surface area (Å²) in [4.78, 5) is 40.2. The standard InChI is InChI=1S/C9H11NO2.C9H12.C7H4N2O6/c1-2-12-8-6-4-3-5-7(8)9(10)11;1-7-4-8(2)6-9(3)5-7;10-7(11)4-1-5(8(12)13)3-6(2-4)9(14)15/h3-6H,2H2,1H3,(H2,10,11);4-6H,1-3H3;1-3H,(H,10,11). The average molecular weight is 498 g/mol. The summed E-state index contributed by atoms with van der Waals surface area (Å²) < 4.78 is 5.20. The number of para-hydroxylation sites is 1. The van der Waals surface area contributed by atoms with Crippen molar-refractivity contribution in [2.75, 3.05) is 6.61 Å². The molecule has 3 rings (SSSR count). The largest absolute Gasteiger partial charge is 0.493 e. The molecule has 11 heteroatoms. The van der Waals surface area contributed by atoms with E-state index in [1.54, 1.807) is 24.3 Å². The molecular formula is C25H27N3O8. The van der Waals surface area contributed by atoms with Crippen LogP contribution < -0.4 is 10.5 Å². The van der Waals surface area contributed by atoms with Gasteiger partial charge in [0.25, 0.3) is 17.3 Å². The lowest BCUT2D eigenvalue weighted by Crippen LogP contribution is -2.12. The fraction of sp³-hybridized carbons (Fsp3) is 0.200. The number of aromatic carboxylic acids is 1. The lowest BCUT2D eigenvalue weighted by atomic mass is 10.1. The SMILES string of the molecule is CCOc1ccccc1C(N)=O.Cc1cc(C)cc(C)c1.O=C(O)c1cc([N+](=O)[O-])cc([N+](=O)[O-])c1. The highest BCUT2D eigenvalue weighted by atomic mass is 16.6. The lowest BCUT2D eigenvalue weighted by Gasteiger charge is -2.05. The fourth-order valence-corrected chi connectivity index (χ4v) is 3.08. The molecule has 0 bridgehead atoms. The third-order valence-corrected chi connectivity index (χ3v) is 4.39. The van der Waals surface area contributed by atoms with Crippen LogP contribution in [-0.2, 0) is 0 Å². The number of primary amides is 1. The Labute approximate surface area is 207 Å². The van der Waals surface area contributed by atoms with E-state index in [1.165, 1.54) is 16.7 Å². The number of nitrogens with zero attached hydrogens (tertiary/aromatic N) is 2. The minimum absolute atomic E-state index is 0.430. The van der Waals surface area contributed by atoms with Crippen molar-refractivity contribution in [1.29, 1.82) is 0 Å². The quantitative estimate of drug-likeness (QED) is 0.353. The summed E-state index contributed by atoms with van der Waals surface area (Å²) in [7, 11) is 0. The number of amides is 1. The second-order valence-corrected chi connectivity index (χ2v) is 7.52. The number of carbonyl (C=O) groups is 2. The number of hydrogen-bond acceptors (Lipinski definition) is 7. The number of hydrogen-bond donors (Lipinski definition) is 2. The van der Waals surface area contributed by atoms with E-state index in [2.05, 4.69) is 39.0 Å². The smallest absolute Gasteiger partial charge is 0.336 e. The van der Waals surface area contributed by atoms with Gasteiger partial charge in [-0.2, -0.15) is 0 Å². The minimum Gasteiger partial charge on any atom is -0.493 e. The van der Waals surface area contributed by atoms with Crippen LogP contribution in [-0.4, -0.2) is 33.4 Å². The maximum Gasteiger partial charge on any atom is 0.336 e. The molecule has 0 aromatic heterocycles. The number of carboxylic acid groups (broad SMARTS) is 1. The zero-order valence-corrected chi connectivity index (χ0v) is 20.3. The number of carboxylic acids is 1. The summed E-state index contributed by atoms with van der Waals surface area (Å²) in [6.07, 6.45) is 0. The third-order valence-electron chi connectivity index (χ3n) is 4.39. The van der Waals surface area contributed by atoms with Gasteiger partial charge in [-0.3, -0.25) is 25.0 Å². The Hall–Kier alpha value is -4.80. The maximum absolute atomic E-state index is 10.8. The molecule has 0 saturated heterocycles. The first kappa shape index (κ1) is 29.2. The number of nitro groups is 2. The first-order valence-corrected chi connectivity index (χ1v) is 10.6. The number of nitro benzene ring substituents is 2. The van der Waals surface area contributed by atoms with Crippen LogP contribution in [0.2, 0.25) is 0 Å². The average Bonchev–Trinajstić information content (AvgIpc) is 2.79. The van der Waals surface area contributed by atoms with Crippen molar-refractivity contribution in [3.8, 4) is 5.75 Å². The summed E-state index contributed by atoms with van der Waals surface area (Å²) in [5.74, 6) is -1.37. The van der Waals surface area contributed by atoms with Crippen molar-refractivity contribution in [3.63, 3.8) is 0 Å². The van der Waals surface area contributed by atoms with E-state index in [1.807, 2.05) is 6.92 Å². The van der Waals surface area contributed by atoms with Crippen molar-refractivity contribution in [2.24, 2.45) is 5.73 Å². The highest BCUT2D eigenvalue weighted by Crippen LogP contribution is 2.22. The molecule has 3 N–H and O–H groups in total. The van der Waals surface area contributed by atoms with Gasteiger partial charge >= 0.3 is 5.97 Å². The van der Waals surface area contributed by atoms with Crippen LogP contribution in [0.3, 0.4) is 0 Å². The molecule has 3 aromatic rings. The molecule has 0 aliphatic rings. The summed E-state index contributed by atoms with van der Waals surface area (Å²) in [5.41, 5.74) is 7.88. The molecule has 0 heterocycles. The Kier molecular flexibility index (Phi) is 11.2. The van der Waals surface area contributed by atoms with Gasteiger partial charge in [-0.1, -0.05) is 47.0 Å². The number of aryl methyl sites for hydroxylation is 3. The van der Waals surface area contributed by atoms with E-state index in [9.17, 15) is 29.8 Å². The Morgan fingerprint density at radius 3 is 1.67 bits per heavy atom. The zero-order chi connectivity index (χ0) is 27.4. The van der Waals surface area contributed by atoms with E-state index >= 15 is 0 Å². The van der Waals surface area contributed by atoms with E-state index in [0.29, 0.717) is 24.0 Å². The number of rotatable bonds is 6. The number of ether oxygens (including phenoxy) is 1. The van der Waals surface area contributed by atoms with Crippen LogP contribution >= 0.6 is 0 Å². The van der Waals surface area contributed by atoms with Gasteiger partial charge in [-0.25, -0.2) is 4.79 Å². The predicted molar refractivity (Wildman–Crippen MR) is 133 cm³/mol. The third kappa shape index (κ3) is 9.59. The zero-order valence-electron chi connectivity index (χ0n) is 20.3. The van der Waals surface area contributed by atoms with Gasteiger partial charge in [-0.15, -0.1) is 0 Å². The molecule has 0 radical (unpaired) electrons. The van der Waals surface area contributed by atoms with Crippen molar-refractivity contribution in [3.05, 3.63) is 109 Å². The van der Waals surface area contributed by atoms with Crippen LogP contribution in [0.1, 0.15) is 44.3 Å². The Bertz CT molecular complexity index is 1130. The van der Waals surface area contributed by atoms with E-state index < -0.39 is 38.7 Å². The second-order valence-electron chi connectivity index (χ2n) is 7.52. The molecule has 0 atom stereocenters. The van der Waals surface area contributed by atoms with Gasteiger partial charge in [0.05, 0.1) is 33.6 Å². The van der Waals surface area contributed by atoms with Gasteiger partial charge in [0.2, 0.25) is 0 Å². The number of non-ortho nitro benzene ring substituents is 2. The number of carbonyl (C=O) groups excluding carboxylic acids is 1. The van der Waals surface area contributed by atoms with Gasteiger partial charge in [0.1, 0.15) is 5.75 Å². The molecule has 0 aliphatic carbocycles. The van der Waals surface area contributed by atoms with Gasteiger partial charge in [0.15, 0.2) is 0 Å². The van der Waals surface area contributed by atoms with Crippen LogP contribution in [0.4, 0.5) is 11.4 Å². The summed E-state index contributed by atoms with van der Waals surface area (Å²) in [5, 5.41) is 29.2. The molecule has 0 spiro atoms. The van der Waals surface area contributed by atoms with Gasteiger partial charge in [-0.05, 0) is 39.8 Å². The van der Waals surface area contributed by atoms with Gasteiger partial charge < -0.3 is 15.6 Å². The predicted octanol–water partition coefficient (Wildman–Crippen LogP) is 5.00. The summed E-state index contributed by atoms with van der Waals surface area (Å²) in [6.45, 7) is 8.77.